The summed E-state index contributed by atoms with van der Waals surface area (Å²) in [7, 11) is -1.96. The minimum absolute atomic E-state index is 0.0583. The Bertz CT molecular complexity index is 281. The highest BCUT2D eigenvalue weighted by Gasteiger charge is 2.39. The Labute approximate surface area is 111 Å². The molecule has 0 aromatic rings. The molecule has 0 saturated carbocycles. The first kappa shape index (κ1) is 17.3. The zero-order valence-corrected chi connectivity index (χ0v) is 13.4. The average Bonchev–Trinajstić information content (AvgIpc) is 2.15. The van der Waals surface area contributed by atoms with E-state index in [-0.39, 0.29) is 30.0 Å². The van der Waals surface area contributed by atoms with Gasteiger partial charge in [-0.1, -0.05) is 20.8 Å². The quantitative estimate of drug-likeness (QED) is 0.407. The Morgan fingerprint density at radius 3 is 2.28 bits per heavy atom. The van der Waals surface area contributed by atoms with E-state index < -0.39 is 8.32 Å². The third-order valence-electron chi connectivity index (χ3n) is 3.33. The van der Waals surface area contributed by atoms with Gasteiger partial charge in [-0.25, -0.2) is 0 Å². The maximum Gasteiger partial charge on any atom is 0.308 e. The molecule has 1 atom stereocenters. The molecule has 0 radical (unpaired) electrons. The summed E-state index contributed by atoms with van der Waals surface area (Å²) in [5.74, 6) is -0.303. The second kappa shape index (κ2) is 7.04. The maximum atomic E-state index is 11.5. The van der Waals surface area contributed by atoms with Gasteiger partial charge < -0.3 is 14.0 Å². The summed E-state index contributed by atoms with van der Waals surface area (Å²) in [5.41, 5.74) is 0. The van der Waals surface area contributed by atoms with Crippen molar-refractivity contribution in [1.29, 1.82) is 0 Å². The van der Waals surface area contributed by atoms with Crippen molar-refractivity contribution in [2.75, 3.05) is 6.61 Å². The summed E-state index contributed by atoms with van der Waals surface area (Å²) in [6, 6.07) is 0. The number of hydrogen-bond acceptors (Lipinski definition) is 4. The molecule has 18 heavy (non-hydrogen) atoms. The molecule has 4 nitrogen and oxygen atoms in total. The molecule has 0 saturated heterocycles. The summed E-state index contributed by atoms with van der Waals surface area (Å²) in [4.78, 5) is 22.1. The lowest BCUT2D eigenvalue weighted by atomic mass is 10.2. The van der Waals surface area contributed by atoms with Crippen molar-refractivity contribution >= 4 is 20.6 Å². The molecule has 0 rings (SSSR count). The van der Waals surface area contributed by atoms with Gasteiger partial charge >= 0.3 is 5.97 Å². The SMILES string of the molecule is CCOC(=O)C[C@@H](CC=O)O[Si](C)(C)C(C)(C)C. The van der Waals surface area contributed by atoms with Crippen molar-refractivity contribution in [3.63, 3.8) is 0 Å². The summed E-state index contributed by atoms with van der Waals surface area (Å²) in [6.45, 7) is 12.7. The Morgan fingerprint density at radius 1 is 1.33 bits per heavy atom. The molecule has 0 aromatic carbocycles. The fourth-order valence-corrected chi connectivity index (χ4v) is 2.65. The predicted molar refractivity (Wildman–Crippen MR) is 74.0 cm³/mol. The zero-order chi connectivity index (χ0) is 14.4. The zero-order valence-electron chi connectivity index (χ0n) is 12.4. The van der Waals surface area contributed by atoms with Crippen LogP contribution >= 0.6 is 0 Å². The van der Waals surface area contributed by atoms with E-state index >= 15 is 0 Å². The van der Waals surface area contributed by atoms with Gasteiger partial charge in [0.1, 0.15) is 6.29 Å². The molecule has 0 aliphatic carbocycles. The number of carbonyl (C=O) groups excluding carboxylic acids is 2. The highest BCUT2D eigenvalue weighted by Crippen LogP contribution is 2.37. The number of hydrogen-bond donors (Lipinski definition) is 0. The first-order chi connectivity index (χ1) is 8.14. The lowest BCUT2D eigenvalue weighted by Gasteiger charge is -2.38. The van der Waals surface area contributed by atoms with E-state index in [4.69, 9.17) is 9.16 Å². The molecule has 106 valence electrons. The van der Waals surface area contributed by atoms with E-state index in [2.05, 4.69) is 33.9 Å². The van der Waals surface area contributed by atoms with Crippen LogP contribution in [-0.2, 0) is 18.8 Å². The van der Waals surface area contributed by atoms with Gasteiger partial charge in [0.25, 0.3) is 0 Å². The molecule has 0 heterocycles. The van der Waals surface area contributed by atoms with Crippen LogP contribution in [0.1, 0.15) is 40.5 Å². The lowest BCUT2D eigenvalue weighted by Crippen LogP contribution is -2.44. The molecule has 0 unspecified atom stereocenters. The standard InChI is InChI=1S/C13H26O4Si/c1-7-16-12(15)10-11(8-9-14)17-18(5,6)13(2,3)4/h9,11H,7-8,10H2,1-6H3/t11-/m1/s1. The van der Waals surface area contributed by atoms with E-state index in [1.54, 1.807) is 6.92 Å². The van der Waals surface area contributed by atoms with E-state index in [9.17, 15) is 9.59 Å². The molecule has 0 aromatic heterocycles. The molecular weight excluding hydrogens is 248 g/mol. The van der Waals surface area contributed by atoms with Crippen LogP contribution in [0.4, 0.5) is 0 Å². The lowest BCUT2D eigenvalue weighted by molar-refractivity contribution is -0.145. The number of aldehydes is 1. The van der Waals surface area contributed by atoms with Crippen molar-refractivity contribution in [1.82, 2.24) is 0 Å². The number of ether oxygens (including phenoxy) is 1. The monoisotopic (exact) mass is 274 g/mol. The fourth-order valence-electron chi connectivity index (χ4n) is 1.28. The first-order valence-corrected chi connectivity index (χ1v) is 9.32. The molecule has 0 amide bonds. The first-order valence-electron chi connectivity index (χ1n) is 6.41. The minimum Gasteiger partial charge on any atom is -0.466 e. The van der Waals surface area contributed by atoms with Crippen LogP contribution in [0.5, 0.6) is 0 Å². The van der Waals surface area contributed by atoms with Crippen LogP contribution in [0.3, 0.4) is 0 Å². The Balaban J connectivity index is 4.62. The summed E-state index contributed by atoms with van der Waals surface area (Å²) < 4.78 is 11.0. The van der Waals surface area contributed by atoms with Gasteiger partial charge in [-0.3, -0.25) is 4.79 Å². The van der Waals surface area contributed by atoms with Gasteiger partial charge in [-0.05, 0) is 25.1 Å². The third kappa shape index (κ3) is 5.77. The highest BCUT2D eigenvalue weighted by molar-refractivity contribution is 6.74. The van der Waals surface area contributed by atoms with E-state index in [1.807, 2.05) is 0 Å². The molecule has 0 N–H and O–H groups in total. The Hall–Kier alpha value is -0.683. The van der Waals surface area contributed by atoms with E-state index in [1.165, 1.54) is 0 Å². The number of carbonyl (C=O) groups is 2. The van der Waals surface area contributed by atoms with Crippen molar-refractivity contribution in [3.8, 4) is 0 Å². The largest absolute Gasteiger partial charge is 0.466 e. The third-order valence-corrected chi connectivity index (χ3v) is 7.86. The molecule has 0 bridgehead atoms. The van der Waals surface area contributed by atoms with Crippen LogP contribution in [0.2, 0.25) is 18.1 Å². The molecular formula is C13H26O4Si. The predicted octanol–water partition coefficient (Wildman–Crippen LogP) is 2.92. The normalized spacial score (nSPS) is 14.1. The van der Waals surface area contributed by atoms with Crippen LogP contribution < -0.4 is 0 Å². The second-order valence-electron chi connectivity index (χ2n) is 5.91. The number of esters is 1. The van der Waals surface area contributed by atoms with E-state index in [0.29, 0.717) is 6.61 Å². The van der Waals surface area contributed by atoms with Crippen molar-refractivity contribution < 1.29 is 18.8 Å². The Kier molecular flexibility index (Phi) is 6.77. The molecule has 0 spiro atoms. The van der Waals surface area contributed by atoms with Gasteiger partial charge in [-0.15, -0.1) is 0 Å². The van der Waals surface area contributed by atoms with Crippen molar-refractivity contribution in [2.24, 2.45) is 0 Å². The summed E-state index contributed by atoms with van der Waals surface area (Å²) in [6.07, 6.45) is 0.837. The average molecular weight is 274 g/mol. The second-order valence-corrected chi connectivity index (χ2v) is 10.7. The molecule has 0 fully saturated rings. The summed E-state index contributed by atoms with van der Waals surface area (Å²) >= 11 is 0. The van der Waals surface area contributed by atoms with Crippen LogP contribution in [0, 0.1) is 0 Å². The smallest absolute Gasteiger partial charge is 0.308 e. The molecule has 0 aliphatic rings. The van der Waals surface area contributed by atoms with Gasteiger partial charge in [0, 0.05) is 6.42 Å². The van der Waals surface area contributed by atoms with Crippen LogP contribution in [-0.4, -0.2) is 33.3 Å². The molecule has 0 aliphatic heterocycles. The van der Waals surface area contributed by atoms with Crippen LogP contribution in [0.25, 0.3) is 0 Å². The van der Waals surface area contributed by atoms with Gasteiger partial charge in [0.05, 0.1) is 19.1 Å². The summed E-state index contributed by atoms with van der Waals surface area (Å²) in [5, 5.41) is 0.0583. The van der Waals surface area contributed by atoms with E-state index in [0.717, 1.165) is 6.29 Å². The highest BCUT2D eigenvalue weighted by atomic mass is 28.4. The minimum atomic E-state index is -1.96. The van der Waals surface area contributed by atoms with Crippen molar-refractivity contribution in [3.05, 3.63) is 0 Å². The van der Waals surface area contributed by atoms with Gasteiger partial charge in [0.15, 0.2) is 8.32 Å². The maximum absolute atomic E-state index is 11.5. The fraction of sp³-hybridized carbons (Fsp3) is 0.846. The van der Waals surface area contributed by atoms with Crippen LogP contribution in [0.15, 0.2) is 0 Å². The molecule has 5 heteroatoms. The van der Waals surface area contributed by atoms with Gasteiger partial charge in [-0.2, -0.15) is 0 Å². The topological polar surface area (TPSA) is 52.6 Å². The Morgan fingerprint density at radius 2 is 1.89 bits per heavy atom. The van der Waals surface area contributed by atoms with Gasteiger partial charge in [0.2, 0.25) is 0 Å². The number of rotatable bonds is 7. The van der Waals surface area contributed by atoms with Crippen molar-refractivity contribution in [2.45, 2.75) is 64.8 Å².